The molecule has 1 fully saturated rings. The Kier molecular flexibility index (Phi) is 6.73. The van der Waals surface area contributed by atoms with Crippen LogP contribution in [0.3, 0.4) is 0 Å². The van der Waals surface area contributed by atoms with E-state index in [-0.39, 0.29) is 17.9 Å². The zero-order chi connectivity index (χ0) is 24.1. The largest absolute Gasteiger partial charge is 0.507 e. The van der Waals surface area contributed by atoms with Crippen molar-refractivity contribution in [1.82, 2.24) is 9.88 Å². The van der Waals surface area contributed by atoms with Gasteiger partial charge in [0.15, 0.2) is 0 Å². The molecule has 1 aliphatic heterocycles. The van der Waals surface area contributed by atoms with Gasteiger partial charge in [-0.2, -0.15) is 0 Å². The maximum absolute atomic E-state index is 13.2. The fraction of sp³-hybridized carbons (Fsp3) is 0.148. The smallest absolute Gasteiger partial charge is 0.295 e. The van der Waals surface area contributed by atoms with Gasteiger partial charge >= 0.3 is 0 Å². The number of hydrogen-bond acceptors (Lipinski definition) is 6. The van der Waals surface area contributed by atoms with Gasteiger partial charge in [-0.25, -0.2) is 0 Å². The SMILES string of the molecule is C=CCOc1ccc(/C(O)=C2\C(=O)C(=O)N(Cc3cccnc3)[C@H]2c2ccccc2OC)cc1. The number of ether oxygens (including phenoxy) is 2. The molecule has 172 valence electrons. The van der Waals surface area contributed by atoms with Crippen molar-refractivity contribution in [2.45, 2.75) is 12.6 Å². The van der Waals surface area contributed by atoms with Crippen LogP contribution in [-0.2, 0) is 16.1 Å². The summed E-state index contributed by atoms with van der Waals surface area (Å²) in [7, 11) is 1.52. The molecule has 0 aliphatic carbocycles. The number of carbonyl (C=O) groups excluding carboxylic acids is 2. The number of aliphatic hydroxyl groups excluding tert-OH is 1. The molecule has 1 atom stereocenters. The number of pyridine rings is 1. The monoisotopic (exact) mass is 456 g/mol. The van der Waals surface area contributed by atoms with Crippen LogP contribution in [0.25, 0.3) is 5.76 Å². The predicted octanol–water partition coefficient (Wildman–Crippen LogP) is 4.28. The van der Waals surface area contributed by atoms with E-state index in [4.69, 9.17) is 9.47 Å². The van der Waals surface area contributed by atoms with Crippen molar-refractivity contribution in [2.24, 2.45) is 0 Å². The minimum atomic E-state index is -0.840. The Balaban J connectivity index is 1.82. The van der Waals surface area contributed by atoms with E-state index in [9.17, 15) is 14.7 Å². The van der Waals surface area contributed by atoms with Gasteiger partial charge < -0.3 is 19.5 Å². The number of para-hydroxylation sites is 1. The molecule has 34 heavy (non-hydrogen) atoms. The Morgan fingerprint density at radius 2 is 1.88 bits per heavy atom. The molecule has 0 spiro atoms. The second-order valence-electron chi connectivity index (χ2n) is 7.65. The molecule has 0 saturated carbocycles. The third-order valence-corrected chi connectivity index (χ3v) is 5.54. The van der Waals surface area contributed by atoms with Gasteiger partial charge in [-0.05, 0) is 42.0 Å². The molecule has 2 heterocycles. The Morgan fingerprint density at radius 3 is 2.56 bits per heavy atom. The van der Waals surface area contributed by atoms with E-state index >= 15 is 0 Å². The summed E-state index contributed by atoms with van der Waals surface area (Å²) in [5.41, 5.74) is 1.75. The van der Waals surface area contributed by atoms with Gasteiger partial charge in [0.1, 0.15) is 23.9 Å². The molecule has 4 rings (SSSR count). The van der Waals surface area contributed by atoms with E-state index in [1.165, 1.54) is 12.0 Å². The van der Waals surface area contributed by atoms with E-state index in [1.54, 1.807) is 73.1 Å². The average Bonchev–Trinajstić information content (AvgIpc) is 3.12. The number of likely N-dealkylation sites (tertiary alicyclic amines) is 1. The highest BCUT2D eigenvalue weighted by Crippen LogP contribution is 2.43. The van der Waals surface area contributed by atoms with Gasteiger partial charge in [0.05, 0.1) is 18.7 Å². The number of aromatic nitrogens is 1. The molecule has 7 heteroatoms. The van der Waals surface area contributed by atoms with E-state index in [0.29, 0.717) is 29.2 Å². The fourth-order valence-corrected chi connectivity index (χ4v) is 3.97. The van der Waals surface area contributed by atoms with Crippen LogP contribution < -0.4 is 9.47 Å². The number of hydrogen-bond donors (Lipinski definition) is 1. The summed E-state index contributed by atoms with van der Waals surface area (Å²) < 4.78 is 11.0. The van der Waals surface area contributed by atoms with Crippen molar-refractivity contribution in [3.8, 4) is 11.5 Å². The highest BCUT2D eigenvalue weighted by molar-refractivity contribution is 6.46. The summed E-state index contributed by atoms with van der Waals surface area (Å²) in [5.74, 6) is -0.630. The van der Waals surface area contributed by atoms with E-state index in [2.05, 4.69) is 11.6 Å². The van der Waals surface area contributed by atoms with E-state index < -0.39 is 17.7 Å². The second-order valence-corrected chi connectivity index (χ2v) is 7.65. The normalized spacial score (nSPS) is 17.0. The number of ketones is 1. The predicted molar refractivity (Wildman–Crippen MR) is 127 cm³/mol. The molecule has 1 aliphatic rings. The molecule has 3 aromatic rings. The standard InChI is InChI=1S/C27H24N2O5/c1-3-15-34-20-12-10-19(11-13-20)25(30)23-24(21-8-4-5-9-22(21)33-2)29(27(32)26(23)31)17-18-7-6-14-28-16-18/h3-14,16,24,30H,1,15,17H2,2H3/b25-23+/t24-/m0/s1. The lowest BCUT2D eigenvalue weighted by atomic mass is 9.94. The lowest BCUT2D eigenvalue weighted by Gasteiger charge is -2.26. The Hall–Kier alpha value is -4.39. The Morgan fingerprint density at radius 1 is 1.12 bits per heavy atom. The van der Waals surface area contributed by atoms with Crippen LogP contribution in [0.4, 0.5) is 0 Å². The summed E-state index contributed by atoms with van der Waals surface area (Å²) in [6.45, 7) is 4.11. The van der Waals surface area contributed by atoms with Crippen LogP contribution in [0.2, 0.25) is 0 Å². The van der Waals surface area contributed by atoms with Crippen LogP contribution in [0.15, 0.2) is 91.3 Å². The van der Waals surface area contributed by atoms with Crippen molar-refractivity contribution in [3.05, 3.63) is 108 Å². The highest BCUT2D eigenvalue weighted by atomic mass is 16.5. The Labute approximate surface area is 197 Å². The van der Waals surface area contributed by atoms with Gasteiger partial charge in [-0.15, -0.1) is 0 Å². The molecule has 0 bridgehead atoms. The summed E-state index contributed by atoms with van der Waals surface area (Å²) in [5, 5.41) is 11.2. The summed E-state index contributed by atoms with van der Waals surface area (Å²) >= 11 is 0. The minimum absolute atomic E-state index is 0.00171. The molecular weight excluding hydrogens is 432 g/mol. The van der Waals surface area contributed by atoms with Gasteiger partial charge in [0.25, 0.3) is 11.7 Å². The van der Waals surface area contributed by atoms with Crippen LogP contribution in [0.5, 0.6) is 11.5 Å². The van der Waals surface area contributed by atoms with E-state index in [1.807, 2.05) is 6.07 Å². The zero-order valence-corrected chi connectivity index (χ0v) is 18.7. The molecule has 1 amide bonds. The first-order valence-corrected chi connectivity index (χ1v) is 10.7. The maximum Gasteiger partial charge on any atom is 0.295 e. The van der Waals surface area contributed by atoms with Crippen LogP contribution in [0, 0.1) is 0 Å². The molecule has 0 unspecified atom stereocenters. The minimum Gasteiger partial charge on any atom is -0.507 e. The maximum atomic E-state index is 13.2. The first kappa shape index (κ1) is 22.8. The van der Waals surface area contributed by atoms with Gasteiger partial charge in [0.2, 0.25) is 0 Å². The number of Topliss-reactive ketones (excluding diaryl/α,β-unsaturated/α-hetero) is 1. The first-order chi connectivity index (χ1) is 16.5. The van der Waals surface area contributed by atoms with Crippen LogP contribution in [-0.4, -0.2) is 40.4 Å². The molecule has 7 nitrogen and oxygen atoms in total. The molecule has 1 aromatic heterocycles. The third kappa shape index (κ3) is 4.41. The number of aliphatic hydroxyl groups is 1. The molecule has 1 saturated heterocycles. The van der Waals surface area contributed by atoms with Crippen molar-refractivity contribution in [2.75, 3.05) is 13.7 Å². The number of methoxy groups -OCH3 is 1. The number of benzene rings is 2. The van der Waals surface area contributed by atoms with Gasteiger partial charge in [-0.1, -0.05) is 36.9 Å². The average molecular weight is 456 g/mol. The van der Waals surface area contributed by atoms with Gasteiger partial charge in [0, 0.05) is 30.1 Å². The summed E-state index contributed by atoms with van der Waals surface area (Å²) in [4.78, 5) is 31.9. The molecule has 0 radical (unpaired) electrons. The quantitative estimate of drug-likeness (QED) is 0.236. The van der Waals surface area contributed by atoms with Crippen molar-refractivity contribution in [3.63, 3.8) is 0 Å². The lowest BCUT2D eigenvalue weighted by molar-refractivity contribution is -0.140. The second kappa shape index (κ2) is 10.0. The van der Waals surface area contributed by atoms with Crippen LogP contribution in [0.1, 0.15) is 22.7 Å². The van der Waals surface area contributed by atoms with Gasteiger partial charge in [-0.3, -0.25) is 14.6 Å². The summed E-state index contributed by atoms with van der Waals surface area (Å²) in [6.07, 6.45) is 4.91. The number of carbonyl (C=O) groups is 2. The first-order valence-electron chi connectivity index (χ1n) is 10.7. The number of nitrogens with zero attached hydrogens (tertiary/aromatic N) is 2. The lowest BCUT2D eigenvalue weighted by Crippen LogP contribution is -2.29. The number of rotatable bonds is 8. The fourth-order valence-electron chi connectivity index (χ4n) is 3.97. The van der Waals surface area contributed by atoms with Crippen molar-refractivity contribution < 1.29 is 24.2 Å². The molecule has 1 N–H and O–H groups in total. The number of amides is 1. The molecule has 2 aromatic carbocycles. The van der Waals surface area contributed by atoms with Crippen molar-refractivity contribution >= 4 is 17.4 Å². The molecular formula is C27H24N2O5. The summed E-state index contributed by atoms with van der Waals surface area (Å²) in [6, 6.07) is 16.5. The topological polar surface area (TPSA) is 89.0 Å². The van der Waals surface area contributed by atoms with Crippen LogP contribution >= 0.6 is 0 Å². The highest BCUT2D eigenvalue weighted by Gasteiger charge is 2.47. The van der Waals surface area contributed by atoms with E-state index in [0.717, 1.165) is 5.56 Å². The van der Waals surface area contributed by atoms with Crippen molar-refractivity contribution in [1.29, 1.82) is 0 Å². The zero-order valence-electron chi connectivity index (χ0n) is 18.7. The Bertz CT molecular complexity index is 1240. The third-order valence-electron chi connectivity index (χ3n) is 5.54.